The third-order valence-electron chi connectivity index (χ3n) is 3.13. The number of rotatable bonds is 2. The van der Waals surface area contributed by atoms with Crippen LogP contribution in [0.15, 0.2) is 18.5 Å². The third kappa shape index (κ3) is 1.41. The Labute approximate surface area is 87.6 Å². The lowest BCUT2D eigenvalue weighted by molar-refractivity contribution is -0.153. The molecule has 1 fully saturated rings. The van der Waals surface area contributed by atoms with Crippen LogP contribution in [0.3, 0.4) is 0 Å². The fourth-order valence-electron chi connectivity index (χ4n) is 2.22. The number of aliphatic hydroxyl groups is 1. The second-order valence-corrected chi connectivity index (χ2v) is 4.14. The van der Waals surface area contributed by atoms with E-state index < -0.39 is 17.5 Å². The van der Waals surface area contributed by atoms with Gasteiger partial charge in [0.15, 0.2) is 0 Å². The maximum absolute atomic E-state index is 11.3. The van der Waals surface area contributed by atoms with Gasteiger partial charge >= 0.3 is 5.97 Å². The average molecular weight is 207 g/mol. The number of nitrogens with zero attached hydrogens (tertiary/aromatic N) is 1. The molecule has 0 aromatic carbocycles. The van der Waals surface area contributed by atoms with E-state index in [9.17, 15) is 15.0 Å². The van der Waals surface area contributed by atoms with Crippen molar-refractivity contribution in [2.45, 2.75) is 31.3 Å². The Morgan fingerprint density at radius 2 is 2.27 bits per heavy atom. The molecule has 1 aliphatic rings. The minimum Gasteiger partial charge on any atom is -0.481 e. The first-order valence-electron chi connectivity index (χ1n) is 4.89. The standard InChI is InChI=1S/C11H13NO3/c1-7-2-3-12-6-9(7)11(10(14)15)4-8(13)5-11/h2-3,6,8,13H,4-5H2,1H3,(H,14,15). The number of carbonyl (C=O) groups is 1. The summed E-state index contributed by atoms with van der Waals surface area (Å²) >= 11 is 0. The lowest BCUT2D eigenvalue weighted by atomic mass is 9.62. The topological polar surface area (TPSA) is 70.4 Å². The second kappa shape index (κ2) is 3.31. The monoisotopic (exact) mass is 207 g/mol. The van der Waals surface area contributed by atoms with Gasteiger partial charge in [-0.25, -0.2) is 0 Å². The zero-order chi connectivity index (χ0) is 11.1. The molecule has 1 aliphatic carbocycles. The molecule has 0 radical (unpaired) electrons. The number of aryl methyl sites for hydroxylation is 1. The number of carboxylic acid groups (broad SMARTS) is 1. The van der Waals surface area contributed by atoms with Crippen LogP contribution in [0.5, 0.6) is 0 Å². The van der Waals surface area contributed by atoms with Gasteiger partial charge in [0.2, 0.25) is 0 Å². The highest BCUT2D eigenvalue weighted by molar-refractivity contribution is 5.83. The fraction of sp³-hybridized carbons (Fsp3) is 0.455. The van der Waals surface area contributed by atoms with Gasteiger partial charge in [-0.15, -0.1) is 0 Å². The van der Waals surface area contributed by atoms with Gasteiger partial charge in [-0.05, 0) is 37.0 Å². The summed E-state index contributed by atoms with van der Waals surface area (Å²) in [5.41, 5.74) is 0.722. The molecule has 0 bridgehead atoms. The average Bonchev–Trinajstić information content (AvgIpc) is 2.13. The van der Waals surface area contributed by atoms with Crippen molar-refractivity contribution >= 4 is 5.97 Å². The van der Waals surface area contributed by atoms with Crippen molar-refractivity contribution in [3.8, 4) is 0 Å². The second-order valence-electron chi connectivity index (χ2n) is 4.14. The van der Waals surface area contributed by atoms with Gasteiger partial charge in [-0.1, -0.05) is 0 Å². The van der Waals surface area contributed by atoms with E-state index >= 15 is 0 Å². The number of hydrogen-bond acceptors (Lipinski definition) is 3. The van der Waals surface area contributed by atoms with Crippen LogP contribution < -0.4 is 0 Å². The highest BCUT2D eigenvalue weighted by Gasteiger charge is 2.52. The molecule has 1 saturated carbocycles. The first-order chi connectivity index (χ1) is 7.06. The zero-order valence-electron chi connectivity index (χ0n) is 8.47. The lowest BCUT2D eigenvalue weighted by Gasteiger charge is -2.42. The van der Waals surface area contributed by atoms with Crippen LogP contribution in [0, 0.1) is 6.92 Å². The fourth-order valence-corrected chi connectivity index (χ4v) is 2.22. The van der Waals surface area contributed by atoms with Gasteiger partial charge in [0.05, 0.1) is 11.5 Å². The molecule has 0 saturated heterocycles. The molecule has 15 heavy (non-hydrogen) atoms. The van der Waals surface area contributed by atoms with Crippen molar-refractivity contribution in [1.82, 2.24) is 4.98 Å². The largest absolute Gasteiger partial charge is 0.481 e. The molecule has 4 heteroatoms. The van der Waals surface area contributed by atoms with E-state index in [2.05, 4.69) is 4.98 Å². The Hall–Kier alpha value is -1.42. The van der Waals surface area contributed by atoms with Gasteiger partial charge in [0.25, 0.3) is 0 Å². The van der Waals surface area contributed by atoms with E-state index in [4.69, 9.17) is 0 Å². The van der Waals surface area contributed by atoms with E-state index in [1.807, 2.05) is 6.92 Å². The lowest BCUT2D eigenvalue weighted by Crippen LogP contribution is -2.51. The quantitative estimate of drug-likeness (QED) is 0.754. The number of hydrogen-bond donors (Lipinski definition) is 2. The Bertz CT molecular complexity index is 397. The van der Waals surface area contributed by atoms with Crippen LogP contribution >= 0.6 is 0 Å². The van der Waals surface area contributed by atoms with Crippen molar-refractivity contribution in [1.29, 1.82) is 0 Å². The molecule has 0 unspecified atom stereocenters. The molecule has 1 aromatic heterocycles. The van der Waals surface area contributed by atoms with E-state index in [-0.39, 0.29) is 12.8 Å². The minimum atomic E-state index is -0.919. The van der Waals surface area contributed by atoms with Gasteiger partial charge in [-0.3, -0.25) is 9.78 Å². The number of aromatic nitrogens is 1. The molecule has 2 N–H and O–H groups in total. The minimum absolute atomic E-state index is 0.287. The highest BCUT2D eigenvalue weighted by atomic mass is 16.4. The van der Waals surface area contributed by atoms with E-state index in [1.54, 1.807) is 18.5 Å². The molecule has 0 atom stereocenters. The Morgan fingerprint density at radius 1 is 1.60 bits per heavy atom. The molecule has 0 aliphatic heterocycles. The summed E-state index contributed by atoms with van der Waals surface area (Å²) in [5, 5.41) is 18.5. The molecule has 0 spiro atoms. The van der Waals surface area contributed by atoms with Gasteiger partial charge in [-0.2, -0.15) is 0 Å². The number of carboxylic acids is 1. The van der Waals surface area contributed by atoms with Crippen molar-refractivity contribution in [3.05, 3.63) is 29.6 Å². The first kappa shape index (κ1) is 10.1. The van der Waals surface area contributed by atoms with Gasteiger partial charge in [0.1, 0.15) is 0 Å². The number of aliphatic carboxylic acids is 1. The van der Waals surface area contributed by atoms with Crippen LogP contribution in [0.2, 0.25) is 0 Å². The summed E-state index contributed by atoms with van der Waals surface area (Å²) in [4.78, 5) is 15.2. The van der Waals surface area contributed by atoms with Crippen molar-refractivity contribution < 1.29 is 15.0 Å². The normalized spacial score (nSPS) is 29.6. The molecular formula is C11H13NO3. The summed E-state index contributed by atoms with van der Waals surface area (Å²) in [6, 6.07) is 1.80. The van der Waals surface area contributed by atoms with E-state index in [0.717, 1.165) is 11.1 Å². The SMILES string of the molecule is Cc1ccncc1C1(C(=O)O)CC(O)C1. The van der Waals surface area contributed by atoms with E-state index in [0.29, 0.717) is 0 Å². The smallest absolute Gasteiger partial charge is 0.314 e. The molecule has 80 valence electrons. The summed E-state index contributed by atoms with van der Waals surface area (Å²) in [7, 11) is 0. The summed E-state index contributed by atoms with van der Waals surface area (Å²) in [6.07, 6.45) is 3.31. The predicted molar refractivity (Wildman–Crippen MR) is 53.5 cm³/mol. The molecular weight excluding hydrogens is 194 g/mol. The molecule has 1 aromatic rings. The molecule has 0 amide bonds. The van der Waals surface area contributed by atoms with Crippen LogP contribution in [0.25, 0.3) is 0 Å². The summed E-state index contributed by atoms with van der Waals surface area (Å²) < 4.78 is 0. The number of aliphatic hydroxyl groups excluding tert-OH is 1. The van der Waals surface area contributed by atoms with Crippen LogP contribution in [0.1, 0.15) is 24.0 Å². The summed E-state index contributed by atoms with van der Waals surface area (Å²) in [6.45, 7) is 1.87. The summed E-state index contributed by atoms with van der Waals surface area (Å²) in [5.74, 6) is -0.871. The Balaban J connectivity index is 2.43. The molecule has 2 rings (SSSR count). The maximum Gasteiger partial charge on any atom is 0.314 e. The highest BCUT2D eigenvalue weighted by Crippen LogP contribution is 2.44. The maximum atomic E-state index is 11.3. The van der Waals surface area contributed by atoms with Crippen LogP contribution in [-0.2, 0) is 10.2 Å². The van der Waals surface area contributed by atoms with Gasteiger partial charge < -0.3 is 10.2 Å². The van der Waals surface area contributed by atoms with Crippen LogP contribution in [-0.4, -0.2) is 27.3 Å². The third-order valence-corrected chi connectivity index (χ3v) is 3.13. The van der Waals surface area contributed by atoms with Crippen molar-refractivity contribution in [2.24, 2.45) is 0 Å². The van der Waals surface area contributed by atoms with Gasteiger partial charge in [0, 0.05) is 12.4 Å². The zero-order valence-corrected chi connectivity index (χ0v) is 8.47. The van der Waals surface area contributed by atoms with Crippen molar-refractivity contribution in [3.63, 3.8) is 0 Å². The predicted octanol–water partition coefficient (Wildman–Crippen LogP) is 0.867. The number of pyridine rings is 1. The Kier molecular flexibility index (Phi) is 2.23. The first-order valence-corrected chi connectivity index (χ1v) is 4.89. The van der Waals surface area contributed by atoms with E-state index in [1.165, 1.54) is 0 Å². The Morgan fingerprint density at radius 3 is 2.73 bits per heavy atom. The van der Waals surface area contributed by atoms with Crippen molar-refractivity contribution in [2.75, 3.05) is 0 Å². The van der Waals surface area contributed by atoms with Crippen LogP contribution in [0.4, 0.5) is 0 Å². The molecule has 1 heterocycles. The molecule has 4 nitrogen and oxygen atoms in total.